The van der Waals surface area contributed by atoms with Crippen molar-refractivity contribution in [2.45, 2.75) is 6.61 Å². The molecule has 3 rings (SSSR count). The SMILES string of the molecule is COc1cc(C(=O)N2CCNCC2)ccc1OCc1cscn1.Cl. The lowest BCUT2D eigenvalue weighted by Gasteiger charge is -2.27. The summed E-state index contributed by atoms with van der Waals surface area (Å²) in [7, 11) is 1.57. The van der Waals surface area contributed by atoms with E-state index in [0.717, 1.165) is 31.9 Å². The van der Waals surface area contributed by atoms with Crippen LogP contribution in [0.3, 0.4) is 0 Å². The van der Waals surface area contributed by atoms with Crippen LogP contribution in [0.1, 0.15) is 16.1 Å². The lowest BCUT2D eigenvalue weighted by Crippen LogP contribution is -2.46. The number of piperazine rings is 1. The van der Waals surface area contributed by atoms with Gasteiger partial charge in [0.05, 0.1) is 18.3 Å². The number of thiazole rings is 1. The first kappa shape index (κ1) is 18.5. The van der Waals surface area contributed by atoms with Gasteiger partial charge < -0.3 is 19.7 Å². The normalized spacial score (nSPS) is 14.0. The van der Waals surface area contributed by atoms with Gasteiger partial charge in [-0.15, -0.1) is 23.7 Å². The molecular weight excluding hydrogens is 350 g/mol. The Hall–Kier alpha value is -1.83. The molecule has 0 bridgehead atoms. The molecule has 0 unspecified atom stereocenters. The number of hydrogen-bond acceptors (Lipinski definition) is 6. The number of ether oxygens (including phenoxy) is 2. The second-order valence-electron chi connectivity index (χ2n) is 5.18. The van der Waals surface area contributed by atoms with Crippen LogP contribution in [-0.2, 0) is 6.61 Å². The largest absolute Gasteiger partial charge is 0.493 e. The number of halogens is 1. The number of amides is 1. The smallest absolute Gasteiger partial charge is 0.254 e. The first-order chi connectivity index (χ1) is 11.3. The van der Waals surface area contributed by atoms with Gasteiger partial charge in [-0.2, -0.15) is 0 Å². The van der Waals surface area contributed by atoms with Crippen LogP contribution in [0.2, 0.25) is 0 Å². The number of hydrogen-bond donors (Lipinski definition) is 1. The first-order valence-corrected chi connectivity index (χ1v) is 8.40. The van der Waals surface area contributed by atoms with Crippen molar-refractivity contribution in [1.29, 1.82) is 0 Å². The van der Waals surface area contributed by atoms with E-state index in [-0.39, 0.29) is 18.3 Å². The lowest BCUT2D eigenvalue weighted by atomic mass is 10.1. The zero-order valence-electron chi connectivity index (χ0n) is 13.4. The van der Waals surface area contributed by atoms with Crippen molar-refractivity contribution in [1.82, 2.24) is 15.2 Å². The van der Waals surface area contributed by atoms with Crippen LogP contribution in [-0.4, -0.2) is 49.1 Å². The predicted octanol–water partition coefficient (Wildman–Crippen LogP) is 2.20. The van der Waals surface area contributed by atoms with E-state index < -0.39 is 0 Å². The van der Waals surface area contributed by atoms with Gasteiger partial charge in [-0.1, -0.05) is 0 Å². The van der Waals surface area contributed by atoms with E-state index >= 15 is 0 Å². The standard InChI is InChI=1S/C16H19N3O3S.ClH/c1-21-15-8-12(16(20)19-6-4-17-5-7-19)2-3-14(15)22-9-13-10-23-11-18-13;/h2-3,8,10-11,17H,4-7,9H2,1H3;1H. The second-order valence-corrected chi connectivity index (χ2v) is 5.89. The maximum Gasteiger partial charge on any atom is 0.254 e. The number of carbonyl (C=O) groups is 1. The molecule has 1 amide bonds. The van der Waals surface area contributed by atoms with E-state index in [0.29, 0.717) is 23.7 Å². The quantitative estimate of drug-likeness (QED) is 0.875. The molecule has 1 aromatic heterocycles. The van der Waals surface area contributed by atoms with E-state index in [2.05, 4.69) is 10.3 Å². The Morgan fingerprint density at radius 2 is 2.12 bits per heavy atom. The van der Waals surface area contributed by atoms with Crippen LogP contribution >= 0.6 is 23.7 Å². The number of aromatic nitrogens is 1. The highest BCUT2D eigenvalue weighted by atomic mass is 35.5. The fraction of sp³-hybridized carbons (Fsp3) is 0.375. The second kappa shape index (κ2) is 8.86. The topological polar surface area (TPSA) is 63.7 Å². The molecule has 1 aromatic carbocycles. The zero-order chi connectivity index (χ0) is 16.1. The van der Waals surface area contributed by atoms with E-state index in [9.17, 15) is 4.79 Å². The summed E-state index contributed by atoms with van der Waals surface area (Å²) in [6.45, 7) is 3.49. The number of nitrogens with zero attached hydrogens (tertiary/aromatic N) is 2. The third-order valence-corrected chi connectivity index (χ3v) is 4.31. The van der Waals surface area contributed by atoms with E-state index in [1.54, 1.807) is 30.8 Å². The molecule has 1 aliphatic heterocycles. The Balaban J connectivity index is 0.00000208. The van der Waals surface area contributed by atoms with Crippen molar-refractivity contribution in [2.24, 2.45) is 0 Å². The third-order valence-electron chi connectivity index (χ3n) is 3.67. The van der Waals surface area contributed by atoms with Crippen molar-refractivity contribution in [3.8, 4) is 11.5 Å². The van der Waals surface area contributed by atoms with Crippen LogP contribution in [0.4, 0.5) is 0 Å². The highest BCUT2D eigenvalue weighted by Gasteiger charge is 2.19. The molecule has 1 N–H and O–H groups in total. The van der Waals surface area contributed by atoms with Gasteiger partial charge in [0, 0.05) is 37.1 Å². The minimum Gasteiger partial charge on any atom is -0.493 e. The van der Waals surface area contributed by atoms with Gasteiger partial charge in [0.2, 0.25) is 0 Å². The van der Waals surface area contributed by atoms with Gasteiger partial charge in [0.15, 0.2) is 11.5 Å². The van der Waals surface area contributed by atoms with Gasteiger partial charge >= 0.3 is 0 Å². The summed E-state index contributed by atoms with van der Waals surface area (Å²) < 4.78 is 11.1. The predicted molar refractivity (Wildman–Crippen MR) is 95.5 cm³/mol. The lowest BCUT2D eigenvalue weighted by molar-refractivity contribution is 0.0735. The molecule has 0 atom stereocenters. The summed E-state index contributed by atoms with van der Waals surface area (Å²) in [5, 5.41) is 5.18. The van der Waals surface area contributed by atoms with Crippen molar-refractivity contribution < 1.29 is 14.3 Å². The summed E-state index contributed by atoms with van der Waals surface area (Å²) in [5.74, 6) is 1.19. The van der Waals surface area contributed by atoms with Crippen LogP contribution in [0, 0.1) is 0 Å². The first-order valence-electron chi connectivity index (χ1n) is 7.46. The van der Waals surface area contributed by atoms with Crippen LogP contribution in [0.15, 0.2) is 29.1 Å². The molecule has 1 aliphatic rings. The molecule has 2 aromatic rings. The summed E-state index contributed by atoms with van der Waals surface area (Å²) in [5.41, 5.74) is 3.26. The molecule has 2 heterocycles. The van der Waals surface area contributed by atoms with Gasteiger partial charge in [-0.3, -0.25) is 4.79 Å². The molecule has 0 saturated carbocycles. The summed E-state index contributed by atoms with van der Waals surface area (Å²) in [6.07, 6.45) is 0. The number of carbonyl (C=O) groups excluding carboxylic acids is 1. The average Bonchev–Trinajstić information content (AvgIpc) is 3.13. The minimum atomic E-state index is 0. The molecule has 1 fully saturated rings. The number of rotatable bonds is 5. The Morgan fingerprint density at radius 1 is 1.33 bits per heavy atom. The van der Waals surface area contributed by atoms with Gasteiger partial charge in [-0.05, 0) is 18.2 Å². The van der Waals surface area contributed by atoms with E-state index in [4.69, 9.17) is 9.47 Å². The van der Waals surface area contributed by atoms with Gasteiger partial charge in [-0.25, -0.2) is 4.98 Å². The van der Waals surface area contributed by atoms with E-state index in [1.807, 2.05) is 10.3 Å². The van der Waals surface area contributed by atoms with Crippen molar-refractivity contribution >= 4 is 29.7 Å². The maximum atomic E-state index is 12.5. The van der Waals surface area contributed by atoms with Crippen LogP contribution < -0.4 is 14.8 Å². The molecule has 0 spiro atoms. The maximum absolute atomic E-state index is 12.5. The van der Waals surface area contributed by atoms with Crippen LogP contribution in [0.5, 0.6) is 11.5 Å². The zero-order valence-corrected chi connectivity index (χ0v) is 15.0. The fourth-order valence-electron chi connectivity index (χ4n) is 2.43. The number of nitrogens with one attached hydrogen (secondary N) is 1. The average molecular weight is 370 g/mol. The monoisotopic (exact) mass is 369 g/mol. The van der Waals surface area contributed by atoms with Crippen molar-refractivity contribution in [3.63, 3.8) is 0 Å². The van der Waals surface area contributed by atoms with E-state index in [1.165, 1.54) is 11.3 Å². The highest BCUT2D eigenvalue weighted by Crippen LogP contribution is 2.29. The fourth-order valence-corrected chi connectivity index (χ4v) is 2.97. The molecule has 24 heavy (non-hydrogen) atoms. The molecule has 0 radical (unpaired) electrons. The third kappa shape index (κ3) is 4.37. The molecule has 1 saturated heterocycles. The highest BCUT2D eigenvalue weighted by molar-refractivity contribution is 7.07. The summed E-state index contributed by atoms with van der Waals surface area (Å²) in [4.78, 5) is 18.5. The minimum absolute atomic E-state index is 0. The van der Waals surface area contributed by atoms with Gasteiger partial charge in [0.1, 0.15) is 6.61 Å². The Labute approximate surface area is 151 Å². The summed E-state index contributed by atoms with van der Waals surface area (Å²) >= 11 is 1.53. The molecule has 0 aliphatic carbocycles. The molecule has 8 heteroatoms. The molecule has 130 valence electrons. The Morgan fingerprint density at radius 3 is 2.79 bits per heavy atom. The molecule has 6 nitrogen and oxygen atoms in total. The number of benzene rings is 1. The Bertz CT molecular complexity index is 661. The Kier molecular flexibility index (Phi) is 6.84. The van der Waals surface area contributed by atoms with Crippen molar-refractivity contribution in [2.75, 3.05) is 33.3 Å². The van der Waals surface area contributed by atoms with Crippen LogP contribution in [0.25, 0.3) is 0 Å². The van der Waals surface area contributed by atoms with Crippen molar-refractivity contribution in [3.05, 3.63) is 40.3 Å². The van der Waals surface area contributed by atoms with Gasteiger partial charge in [0.25, 0.3) is 5.91 Å². The summed E-state index contributed by atoms with van der Waals surface area (Å²) in [6, 6.07) is 5.30. The molecular formula is C16H20ClN3O3S. The number of methoxy groups -OCH3 is 1.